The predicted octanol–water partition coefficient (Wildman–Crippen LogP) is 3.69. The van der Waals surface area contributed by atoms with Crippen LogP contribution in [0.15, 0.2) is 60.2 Å². The van der Waals surface area contributed by atoms with Gasteiger partial charge in [-0.15, -0.1) is 17.8 Å². The zero-order chi connectivity index (χ0) is 23.2. The molecule has 10 heteroatoms. The molecule has 0 aliphatic rings. The number of aromatic nitrogens is 3. The van der Waals surface area contributed by atoms with Crippen LogP contribution in [0.2, 0.25) is 0 Å². The fourth-order valence-corrected chi connectivity index (χ4v) is 3.77. The monoisotopic (exact) mass is 458 g/mol. The van der Waals surface area contributed by atoms with Gasteiger partial charge in [-0.3, -0.25) is 15.3 Å². The van der Waals surface area contributed by atoms with E-state index in [4.69, 9.17) is 16.9 Å². The molecule has 0 bridgehead atoms. The molecule has 164 valence electrons. The lowest BCUT2D eigenvalue weighted by molar-refractivity contribution is 0.144. The summed E-state index contributed by atoms with van der Waals surface area (Å²) in [6.07, 6.45) is 7.66. The van der Waals surface area contributed by atoms with Crippen LogP contribution in [0.25, 0.3) is 22.2 Å². The highest BCUT2D eigenvalue weighted by atomic mass is 32.1. The minimum atomic E-state index is -0.939. The van der Waals surface area contributed by atoms with Crippen molar-refractivity contribution < 1.29 is 14.3 Å². The van der Waals surface area contributed by atoms with Crippen LogP contribution in [0.5, 0.6) is 0 Å². The van der Waals surface area contributed by atoms with E-state index in [0.717, 1.165) is 22.2 Å². The molecule has 1 atom stereocenters. The van der Waals surface area contributed by atoms with Gasteiger partial charge in [0.1, 0.15) is 12.4 Å². The number of nitrogens with two attached hydrogens (primary N) is 1. The summed E-state index contributed by atoms with van der Waals surface area (Å²) in [7, 11) is 0. The smallest absolute Gasteiger partial charge is 0.404 e. The molecule has 2 aromatic carbocycles. The first-order chi connectivity index (χ1) is 16.0. The lowest BCUT2D eigenvalue weighted by Crippen LogP contribution is -2.36. The molecule has 4 aromatic rings. The first-order valence-corrected chi connectivity index (χ1v) is 10.6. The van der Waals surface area contributed by atoms with E-state index in [9.17, 15) is 9.59 Å². The van der Waals surface area contributed by atoms with Crippen molar-refractivity contribution in [3.05, 3.63) is 70.8 Å². The number of rotatable bonds is 6. The summed E-state index contributed by atoms with van der Waals surface area (Å²) in [6.45, 7) is -0.144. The van der Waals surface area contributed by atoms with Gasteiger partial charge in [0, 0.05) is 23.3 Å². The van der Waals surface area contributed by atoms with Crippen LogP contribution in [-0.2, 0) is 4.74 Å². The second-order valence-corrected chi connectivity index (χ2v) is 7.67. The van der Waals surface area contributed by atoms with E-state index in [1.165, 1.54) is 11.3 Å². The molecular weight excluding hydrogens is 440 g/mol. The molecule has 0 aliphatic carbocycles. The minimum Gasteiger partial charge on any atom is -0.447 e. The molecule has 2 aromatic heterocycles. The number of nitrogens with zero attached hydrogens (tertiary/aromatic N) is 3. The molecule has 2 heterocycles. The van der Waals surface area contributed by atoms with Gasteiger partial charge in [-0.25, -0.2) is 14.6 Å². The molecule has 0 aliphatic heterocycles. The number of amides is 3. The Morgan fingerprint density at radius 3 is 2.67 bits per heavy atom. The van der Waals surface area contributed by atoms with Crippen LogP contribution in [0.4, 0.5) is 15.4 Å². The lowest BCUT2D eigenvalue weighted by atomic mass is 10.00. The highest BCUT2D eigenvalue weighted by molar-refractivity contribution is 7.10. The maximum atomic E-state index is 12.5. The fraction of sp³-hybridized carbons (Fsp3) is 0.0870. The van der Waals surface area contributed by atoms with E-state index in [2.05, 4.69) is 31.5 Å². The van der Waals surface area contributed by atoms with Gasteiger partial charge in [-0.2, -0.15) is 0 Å². The molecule has 0 radical (unpaired) electrons. The molecule has 4 N–H and O–H groups in total. The highest BCUT2D eigenvalue weighted by Crippen LogP contribution is 2.27. The maximum absolute atomic E-state index is 12.5. The molecule has 0 saturated heterocycles. The van der Waals surface area contributed by atoms with Gasteiger partial charge in [0.25, 0.3) is 0 Å². The van der Waals surface area contributed by atoms with Crippen molar-refractivity contribution in [3.8, 4) is 23.5 Å². The van der Waals surface area contributed by atoms with E-state index < -0.39 is 18.2 Å². The third-order valence-corrected chi connectivity index (χ3v) is 5.46. The lowest BCUT2D eigenvalue weighted by Gasteiger charge is -2.19. The molecule has 33 heavy (non-hydrogen) atoms. The Labute approximate surface area is 193 Å². The SMILES string of the molecule is C#Cc1nc(NC(=O)N[C@@H](COC(N)=O)c2ccc(-c3cccc4nccnc34)cc2)cs1. The Balaban J connectivity index is 1.54. The van der Waals surface area contributed by atoms with E-state index in [-0.39, 0.29) is 6.61 Å². The van der Waals surface area contributed by atoms with Gasteiger partial charge >= 0.3 is 12.1 Å². The molecule has 0 saturated carbocycles. The van der Waals surface area contributed by atoms with E-state index in [0.29, 0.717) is 16.4 Å². The number of primary amides is 1. The molecule has 4 rings (SSSR count). The average Bonchev–Trinajstić information content (AvgIpc) is 3.29. The average molecular weight is 459 g/mol. The number of urea groups is 1. The number of fused-ring (bicyclic) bond motifs is 1. The second-order valence-electron chi connectivity index (χ2n) is 6.81. The van der Waals surface area contributed by atoms with Gasteiger partial charge in [-0.1, -0.05) is 36.4 Å². The number of hydrogen-bond acceptors (Lipinski definition) is 7. The number of carbonyl (C=O) groups is 2. The first kappa shape index (κ1) is 21.7. The molecule has 9 nitrogen and oxygen atoms in total. The number of hydrogen-bond donors (Lipinski definition) is 3. The van der Waals surface area contributed by atoms with E-state index >= 15 is 0 Å². The Hall–Kier alpha value is -4.49. The van der Waals surface area contributed by atoms with Crippen molar-refractivity contribution in [1.82, 2.24) is 20.3 Å². The van der Waals surface area contributed by atoms with Gasteiger partial charge in [0.05, 0.1) is 17.1 Å². The summed E-state index contributed by atoms with van der Waals surface area (Å²) in [6, 6.07) is 12.1. The van der Waals surface area contributed by atoms with Crippen LogP contribution < -0.4 is 16.4 Å². The summed E-state index contributed by atoms with van der Waals surface area (Å²) >= 11 is 1.24. The Morgan fingerprint density at radius 1 is 1.15 bits per heavy atom. The predicted molar refractivity (Wildman–Crippen MR) is 125 cm³/mol. The number of ether oxygens (including phenoxy) is 1. The standard InChI is InChI=1S/C23H18N6O3S/c1-2-20-28-19(13-33-20)29-23(31)27-18(12-32-22(24)30)15-8-6-14(7-9-15)16-4-3-5-17-21(16)26-11-10-25-17/h1,3-11,13,18H,12H2,(H2,24,30)(H2,27,29,31)/t18-/m0/s1. The van der Waals surface area contributed by atoms with Crippen molar-refractivity contribution in [1.29, 1.82) is 0 Å². The third kappa shape index (κ3) is 5.23. The minimum absolute atomic E-state index is 0.144. The van der Waals surface area contributed by atoms with Gasteiger partial charge in [0.2, 0.25) is 0 Å². The van der Waals surface area contributed by atoms with Crippen LogP contribution >= 0.6 is 11.3 Å². The van der Waals surface area contributed by atoms with Crippen LogP contribution in [0.3, 0.4) is 0 Å². The summed E-state index contributed by atoms with van der Waals surface area (Å²) in [5.74, 6) is 2.73. The summed E-state index contributed by atoms with van der Waals surface area (Å²) in [5.41, 5.74) is 9.25. The van der Waals surface area contributed by atoms with Crippen molar-refractivity contribution in [2.45, 2.75) is 6.04 Å². The van der Waals surface area contributed by atoms with Crippen LogP contribution in [-0.4, -0.2) is 33.7 Å². The molecule has 0 unspecified atom stereocenters. The van der Waals surface area contributed by atoms with Gasteiger partial charge in [-0.05, 0) is 23.1 Å². The molecule has 3 amide bonds. The van der Waals surface area contributed by atoms with Crippen molar-refractivity contribution in [2.75, 3.05) is 11.9 Å². The topological polar surface area (TPSA) is 132 Å². The van der Waals surface area contributed by atoms with Crippen LogP contribution in [0.1, 0.15) is 16.6 Å². The highest BCUT2D eigenvalue weighted by Gasteiger charge is 2.18. The number of carbonyl (C=O) groups excluding carboxylic acids is 2. The van der Waals surface area contributed by atoms with Gasteiger partial charge < -0.3 is 15.8 Å². The summed E-state index contributed by atoms with van der Waals surface area (Å²) in [4.78, 5) is 36.5. The molecule has 0 spiro atoms. The van der Waals surface area contributed by atoms with E-state index in [1.54, 1.807) is 17.8 Å². The number of nitrogens with one attached hydrogen (secondary N) is 2. The quantitative estimate of drug-likeness (QED) is 0.378. The van der Waals surface area contributed by atoms with Crippen molar-refractivity contribution in [3.63, 3.8) is 0 Å². The number of terminal acetylenes is 1. The zero-order valence-electron chi connectivity index (χ0n) is 17.2. The zero-order valence-corrected chi connectivity index (χ0v) is 18.0. The Bertz CT molecular complexity index is 1340. The summed E-state index contributed by atoms with van der Waals surface area (Å²) < 4.78 is 4.94. The normalized spacial score (nSPS) is 11.4. The maximum Gasteiger partial charge on any atom is 0.404 e. The summed E-state index contributed by atoms with van der Waals surface area (Å²) in [5, 5.41) is 7.45. The van der Waals surface area contributed by atoms with Crippen LogP contribution in [0, 0.1) is 12.3 Å². The van der Waals surface area contributed by atoms with Gasteiger partial charge in [0.15, 0.2) is 5.01 Å². The molecular formula is C23H18N6O3S. The van der Waals surface area contributed by atoms with Crippen molar-refractivity contribution in [2.24, 2.45) is 5.73 Å². The Morgan fingerprint density at radius 2 is 1.94 bits per heavy atom. The number of anilines is 1. The third-order valence-electron chi connectivity index (χ3n) is 4.69. The number of para-hydroxylation sites is 1. The fourth-order valence-electron chi connectivity index (χ4n) is 3.22. The van der Waals surface area contributed by atoms with Crippen molar-refractivity contribution >= 4 is 40.3 Å². The first-order valence-electron chi connectivity index (χ1n) is 9.75. The number of benzene rings is 2. The Kier molecular flexibility index (Phi) is 6.43. The van der Waals surface area contributed by atoms with E-state index in [1.807, 2.05) is 42.5 Å². The largest absolute Gasteiger partial charge is 0.447 e. The number of thiazole rings is 1. The molecule has 0 fully saturated rings. The second kappa shape index (κ2) is 9.76.